The number of rotatable bonds is 7. The van der Waals surface area contributed by atoms with Crippen LogP contribution in [0.4, 0.5) is 5.69 Å². The lowest BCUT2D eigenvalue weighted by Gasteiger charge is -2.18. The van der Waals surface area contributed by atoms with E-state index in [0.29, 0.717) is 5.92 Å². The molecule has 0 spiro atoms. The van der Waals surface area contributed by atoms with Gasteiger partial charge in [-0.15, -0.1) is 11.8 Å². The molecule has 0 aromatic heterocycles. The molecule has 0 radical (unpaired) electrons. The van der Waals surface area contributed by atoms with Gasteiger partial charge < -0.3 is 10.6 Å². The first-order valence-electron chi connectivity index (χ1n) is 9.11. The molecule has 134 valence electrons. The largest absolute Gasteiger partial charge is 0.356 e. The summed E-state index contributed by atoms with van der Waals surface area (Å²) in [6, 6.07) is 4.55. The third-order valence-electron chi connectivity index (χ3n) is 4.70. The van der Waals surface area contributed by atoms with Crippen LogP contribution < -0.4 is 10.6 Å². The van der Waals surface area contributed by atoms with Crippen LogP contribution in [0.5, 0.6) is 0 Å². The maximum Gasteiger partial charge on any atom is 0.195 e. The van der Waals surface area contributed by atoms with E-state index in [-0.39, 0.29) is 0 Å². The van der Waals surface area contributed by atoms with Gasteiger partial charge in [-0.2, -0.15) is 0 Å². The molecule has 1 heterocycles. The van der Waals surface area contributed by atoms with Crippen LogP contribution in [-0.2, 0) is 6.42 Å². The Labute approximate surface area is 155 Å². The molecule has 0 bridgehead atoms. The summed E-state index contributed by atoms with van der Waals surface area (Å²) >= 11 is 1.86. The highest BCUT2D eigenvalue weighted by atomic mass is 32.2. The van der Waals surface area contributed by atoms with Gasteiger partial charge in [0.25, 0.3) is 0 Å². The summed E-state index contributed by atoms with van der Waals surface area (Å²) < 4.78 is 0. The van der Waals surface area contributed by atoms with Crippen molar-refractivity contribution in [1.29, 1.82) is 0 Å². The number of aryl methyl sites for hydroxylation is 3. The number of aliphatic imine (C=N–C) groups is 2. The van der Waals surface area contributed by atoms with E-state index in [1.54, 1.807) is 0 Å². The van der Waals surface area contributed by atoms with E-state index in [1.165, 1.54) is 35.2 Å². The van der Waals surface area contributed by atoms with Gasteiger partial charge in [0.15, 0.2) is 5.96 Å². The lowest BCUT2D eigenvalue weighted by atomic mass is 10.0. The molecule has 1 aromatic rings. The van der Waals surface area contributed by atoms with Crippen molar-refractivity contribution in [3.8, 4) is 0 Å². The van der Waals surface area contributed by atoms with Crippen molar-refractivity contribution < 1.29 is 0 Å². The minimum absolute atomic E-state index is 0.677. The van der Waals surface area contributed by atoms with Gasteiger partial charge in [0.05, 0.1) is 0 Å². The number of nitrogens with one attached hydrogen (secondary N) is 2. The number of thioether (sulfide) groups is 1. The highest BCUT2D eigenvalue weighted by molar-refractivity contribution is 8.02. The maximum absolute atomic E-state index is 4.49. The minimum Gasteiger partial charge on any atom is -0.356 e. The van der Waals surface area contributed by atoms with Crippen LogP contribution in [0.1, 0.15) is 36.0 Å². The number of benzene rings is 1. The fourth-order valence-corrected chi connectivity index (χ4v) is 3.87. The monoisotopic (exact) mass is 356 g/mol. The van der Waals surface area contributed by atoms with Crippen molar-refractivity contribution in [3.05, 3.63) is 39.9 Å². The van der Waals surface area contributed by atoms with Gasteiger partial charge >= 0.3 is 0 Å². The third kappa shape index (κ3) is 5.11. The number of guanidine groups is 1. The number of hydrogen-bond acceptors (Lipinski definition) is 5. The Morgan fingerprint density at radius 3 is 2.92 bits per heavy atom. The highest BCUT2D eigenvalue weighted by Gasteiger charge is 2.25. The first kappa shape index (κ1) is 18.1. The Hall–Kier alpha value is -1.75. The Morgan fingerprint density at radius 2 is 2.24 bits per heavy atom. The molecule has 1 saturated carbocycles. The Balaban J connectivity index is 1.57. The van der Waals surface area contributed by atoms with Crippen molar-refractivity contribution in [3.63, 3.8) is 0 Å². The molecule has 1 aromatic carbocycles. The lowest BCUT2D eigenvalue weighted by Crippen LogP contribution is -2.35. The molecule has 1 aliphatic carbocycles. The van der Waals surface area contributed by atoms with Gasteiger partial charge in [-0.3, -0.25) is 9.98 Å². The second-order valence-corrected chi connectivity index (χ2v) is 7.80. The first-order chi connectivity index (χ1) is 12.2. The molecule has 25 heavy (non-hydrogen) atoms. The average molecular weight is 357 g/mol. The summed E-state index contributed by atoms with van der Waals surface area (Å²) in [6.45, 7) is 9.94. The molecule has 2 N–H and O–H groups in total. The van der Waals surface area contributed by atoms with Crippen molar-refractivity contribution in [1.82, 2.24) is 5.32 Å². The van der Waals surface area contributed by atoms with Crippen LogP contribution in [0, 0.1) is 19.8 Å². The van der Waals surface area contributed by atoms with Gasteiger partial charge in [0.2, 0.25) is 0 Å². The molecule has 5 heteroatoms. The van der Waals surface area contributed by atoms with Crippen LogP contribution in [0.25, 0.3) is 0 Å². The molecule has 4 nitrogen and oxygen atoms in total. The normalized spacial score (nSPS) is 17.7. The first-order valence-corrected chi connectivity index (χ1v) is 10.2. The van der Waals surface area contributed by atoms with Crippen molar-refractivity contribution in [2.45, 2.75) is 39.5 Å². The fraction of sp³-hybridized carbons (Fsp3) is 0.500. The number of nitrogens with zero attached hydrogens (tertiary/aromatic N) is 2. The van der Waals surface area contributed by atoms with Gasteiger partial charge in [-0.25, -0.2) is 0 Å². The number of hydrogen-bond donors (Lipinski definition) is 2. The molecular formula is C20H28N4S. The predicted molar refractivity (Wildman–Crippen MR) is 111 cm³/mol. The molecular weight excluding hydrogens is 328 g/mol. The smallest absolute Gasteiger partial charge is 0.195 e. The third-order valence-corrected chi connectivity index (χ3v) is 5.55. The molecule has 0 atom stereocenters. The van der Waals surface area contributed by atoms with Crippen LogP contribution >= 0.6 is 11.8 Å². The maximum atomic E-state index is 4.49. The van der Waals surface area contributed by atoms with E-state index >= 15 is 0 Å². The zero-order valence-corrected chi connectivity index (χ0v) is 16.1. The quantitative estimate of drug-likeness (QED) is 0.566. The summed E-state index contributed by atoms with van der Waals surface area (Å²) in [7, 11) is 0. The highest BCUT2D eigenvalue weighted by Crippen LogP contribution is 2.38. The Morgan fingerprint density at radius 1 is 1.40 bits per heavy atom. The summed E-state index contributed by atoms with van der Waals surface area (Å²) in [5.41, 5.74) is 6.34. The fourth-order valence-electron chi connectivity index (χ4n) is 2.98. The summed E-state index contributed by atoms with van der Waals surface area (Å²) in [6.07, 6.45) is 4.73. The summed E-state index contributed by atoms with van der Waals surface area (Å²) in [5, 5.41) is 8.95. The molecule has 2 aliphatic rings. The Bertz CT molecular complexity index is 689. The molecule has 1 aliphatic heterocycles. The van der Waals surface area contributed by atoms with Crippen LogP contribution in [0.2, 0.25) is 0 Å². The number of anilines is 1. The van der Waals surface area contributed by atoms with Gasteiger partial charge in [0, 0.05) is 36.1 Å². The van der Waals surface area contributed by atoms with Gasteiger partial charge in [-0.05, 0) is 74.4 Å². The van der Waals surface area contributed by atoms with Gasteiger partial charge in [-0.1, -0.05) is 6.07 Å². The molecule has 0 unspecified atom stereocenters. The second kappa shape index (κ2) is 8.56. The average Bonchev–Trinajstić information content (AvgIpc) is 3.45. The number of allylic oxidation sites excluding steroid dienone is 1. The van der Waals surface area contributed by atoms with Crippen molar-refractivity contribution >= 4 is 30.1 Å². The zero-order valence-electron chi connectivity index (χ0n) is 15.3. The van der Waals surface area contributed by atoms with E-state index < -0.39 is 0 Å². The minimum atomic E-state index is 0.677. The second-order valence-electron chi connectivity index (χ2n) is 6.83. The van der Waals surface area contributed by atoms with Crippen LogP contribution in [0.3, 0.4) is 0 Å². The van der Waals surface area contributed by atoms with E-state index in [4.69, 9.17) is 0 Å². The predicted octanol–water partition coefficient (Wildman–Crippen LogP) is 4.29. The van der Waals surface area contributed by atoms with E-state index in [1.807, 2.05) is 11.8 Å². The lowest BCUT2D eigenvalue weighted by molar-refractivity contribution is 0.740. The molecule has 1 fully saturated rings. The summed E-state index contributed by atoms with van der Waals surface area (Å²) in [4.78, 5) is 8.65. The van der Waals surface area contributed by atoms with Crippen LogP contribution in [-0.4, -0.2) is 31.5 Å². The van der Waals surface area contributed by atoms with E-state index in [0.717, 1.165) is 43.3 Å². The van der Waals surface area contributed by atoms with Crippen molar-refractivity contribution in [2.75, 3.05) is 24.2 Å². The zero-order chi connectivity index (χ0) is 17.6. The van der Waals surface area contributed by atoms with Gasteiger partial charge in [0.1, 0.15) is 0 Å². The standard InChI is InChI=1S/C20H28N4S/c1-14-12-18(24-20-22-8-4-9-23-20)15(2)11-17(14)7-10-25-13-19(21-3)16-5-6-16/h11-13,16H,3-10H2,1-2H3,(H2,22,23,24)/b19-13-. The van der Waals surface area contributed by atoms with Crippen LogP contribution in [0.15, 0.2) is 33.2 Å². The topological polar surface area (TPSA) is 48.8 Å². The molecule has 0 saturated heterocycles. The van der Waals surface area contributed by atoms with Crippen molar-refractivity contribution in [2.24, 2.45) is 15.9 Å². The van der Waals surface area contributed by atoms with E-state index in [9.17, 15) is 0 Å². The molecule has 3 rings (SSSR count). The SMILES string of the molecule is C=N/C(=C\SCCc1cc(C)c(NC2=NCCCN2)cc1C)C1CC1. The van der Waals surface area contributed by atoms with E-state index in [2.05, 4.69) is 58.7 Å². The Kier molecular flexibility index (Phi) is 6.19. The summed E-state index contributed by atoms with van der Waals surface area (Å²) in [5.74, 6) is 2.65. The molecule has 0 amide bonds.